The average Bonchev–Trinajstić information content (AvgIpc) is 2.69. The summed E-state index contributed by atoms with van der Waals surface area (Å²) in [4.78, 5) is 10.7. The number of hydrogen-bond donors (Lipinski definition) is 2. The molecule has 0 spiro atoms. The van der Waals surface area contributed by atoms with Gasteiger partial charge < -0.3 is 5.11 Å². The highest BCUT2D eigenvalue weighted by Gasteiger charge is 2.08. The van der Waals surface area contributed by atoms with Gasteiger partial charge in [0.1, 0.15) is 5.82 Å². The zero-order valence-electron chi connectivity index (χ0n) is 7.57. The van der Waals surface area contributed by atoms with Crippen LogP contribution >= 0.6 is 0 Å². The smallest absolute Gasteiger partial charge is 0.335 e. The van der Waals surface area contributed by atoms with Crippen molar-refractivity contribution in [1.82, 2.24) is 10.2 Å². The summed E-state index contributed by atoms with van der Waals surface area (Å²) >= 11 is 0. The van der Waals surface area contributed by atoms with E-state index in [1.807, 2.05) is 0 Å². The van der Waals surface area contributed by atoms with Gasteiger partial charge in [0, 0.05) is 11.8 Å². The van der Waals surface area contributed by atoms with Crippen molar-refractivity contribution in [2.75, 3.05) is 0 Å². The number of H-pyrrole nitrogens is 1. The summed E-state index contributed by atoms with van der Waals surface area (Å²) in [5, 5.41) is 15.0. The van der Waals surface area contributed by atoms with Gasteiger partial charge >= 0.3 is 5.97 Å². The van der Waals surface area contributed by atoms with E-state index < -0.39 is 11.8 Å². The number of halogens is 1. The SMILES string of the molecule is O=C(O)c1cc(F)cc(-c2cn[nH]c2)c1. The van der Waals surface area contributed by atoms with Crippen molar-refractivity contribution in [3.05, 3.63) is 42.0 Å². The number of carbonyl (C=O) groups is 1. The van der Waals surface area contributed by atoms with E-state index in [1.54, 1.807) is 6.20 Å². The van der Waals surface area contributed by atoms with Crippen LogP contribution in [0.2, 0.25) is 0 Å². The maximum atomic E-state index is 13.1. The molecule has 0 saturated heterocycles. The van der Waals surface area contributed by atoms with Crippen LogP contribution < -0.4 is 0 Å². The molecule has 2 rings (SSSR count). The summed E-state index contributed by atoms with van der Waals surface area (Å²) in [6.45, 7) is 0. The third-order valence-corrected chi connectivity index (χ3v) is 1.98. The lowest BCUT2D eigenvalue weighted by molar-refractivity contribution is 0.0696. The molecule has 1 heterocycles. The van der Waals surface area contributed by atoms with E-state index in [-0.39, 0.29) is 5.56 Å². The number of carboxylic acids is 1. The zero-order chi connectivity index (χ0) is 10.8. The zero-order valence-corrected chi connectivity index (χ0v) is 7.57. The number of aromatic carboxylic acids is 1. The second-order valence-electron chi connectivity index (χ2n) is 3.02. The lowest BCUT2D eigenvalue weighted by Crippen LogP contribution is -1.97. The topological polar surface area (TPSA) is 66.0 Å². The van der Waals surface area contributed by atoms with Crippen LogP contribution in [-0.2, 0) is 0 Å². The van der Waals surface area contributed by atoms with Crippen LogP contribution in [0, 0.1) is 5.82 Å². The Bertz CT molecular complexity index is 494. The normalized spacial score (nSPS) is 10.2. The van der Waals surface area contributed by atoms with Crippen LogP contribution in [0.25, 0.3) is 11.1 Å². The van der Waals surface area contributed by atoms with Crippen molar-refractivity contribution in [2.24, 2.45) is 0 Å². The van der Waals surface area contributed by atoms with E-state index in [2.05, 4.69) is 10.2 Å². The fourth-order valence-corrected chi connectivity index (χ4v) is 1.29. The van der Waals surface area contributed by atoms with Crippen molar-refractivity contribution < 1.29 is 14.3 Å². The minimum atomic E-state index is -1.15. The first-order chi connectivity index (χ1) is 7.16. The Morgan fingerprint density at radius 3 is 2.73 bits per heavy atom. The number of aromatic nitrogens is 2. The van der Waals surface area contributed by atoms with Gasteiger partial charge in [0.15, 0.2) is 0 Å². The van der Waals surface area contributed by atoms with Crippen molar-refractivity contribution in [3.8, 4) is 11.1 Å². The molecule has 0 radical (unpaired) electrons. The molecule has 2 N–H and O–H groups in total. The minimum Gasteiger partial charge on any atom is -0.478 e. The molecule has 4 nitrogen and oxygen atoms in total. The fourth-order valence-electron chi connectivity index (χ4n) is 1.29. The molecule has 0 saturated carbocycles. The van der Waals surface area contributed by atoms with Crippen molar-refractivity contribution >= 4 is 5.97 Å². The maximum absolute atomic E-state index is 13.1. The Labute approximate surface area is 84.4 Å². The predicted molar refractivity (Wildman–Crippen MR) is 50.9 cm³/mol. The molecule has 0 amide bonds. The average molecular weight is 206 g/mol. The Hall–Kier alpha value is -2.17. The number of nitrogens with zero attached hydrogens (tertiary/aromatic N) is 1. The number of nitrogens with one attached hydrogen (secondary N) is 1. The molecule has 0 bridgehead atoms. The van der Waals surface area contributed by atoms with E-state index in [4.69, 9.17) is 5.11 Å². The number of carboxylic acid groups (broad SMARTS) is 1. The maximum Gasteiger partial charge on any atom is 0.335 e. The van der Waals surface area contributed by atoms with Crippen LogP contribution in [0.1, 0.15) is 10.4 Å². The lowest BCUT2D eigenvalue weighted by Gasteiger charge is -2.00. The first-order valence-electron chi connectivity index (χ1n) is 4.20. The van der Waals surface area contributed by atoms with E-state index in [0.29, 0.717) is 11.1 Å². The molecule has 0 unspecified atom stereocenters. The molecule has 5 heteroatoms. The molecule has 0 atom stereocenters. The third kappa shape index (κ3) is 1.85. The standard InChI is InChI=1S/C10H7FN2O2/c11-9-2-6(8-4-12-13-5-8)1-7(3-9)10(14)15/h1-5H,(H,12,13)(H,14,15). The largest absolute Gasteiger partial charge is 0.478 e. The van der Waals surface area contributed by atoms with Crippen molar-refractivity contribution in [1.29, 1.82) is 0 Å². The molecule has 0 aliphatic heterocycles. The second-order valence-corrected chi connectivity index (χ2v) is 3.02. The summed E-state index contributed by atoms with van der Waals surface area (Å²) in [6, 6.07) is 3.64. The number of benzene rings is 1. The summed E-state index contributed by atoms with van der Waals surface area (Å²) in [7, 11) is 0. The van der Waals surface area contributed by atoms with Gasteiger partial charge in [-0.2, -0.15) is 5.10 Å². The molecule has 1 aromatic carbocycles. The number of rotatable bonds is 2. The van der Waals surface area contributed by atoms with Gasteiger partial charge in [0.05, 0.1) is 11.8 Å². The predicted octanol–water partition coefficient (Wildman–Crippen LogP) is 1.91. The van der Waals surface area contributed by atoms with E-state index >= 15 is 0 Å². The van der Waals surface area contributed by atoms with Crippen LogP contribution in [-0.4, -0.2) is 21.3 Å². The van der Waals surface area contributed by atoms with Crippen molar-refractivity contribution in [3.63, 3.8) is 0 Å². The van der Waals surface area contributed by atoms with Gasteiger partial charge in [-0.05, 0) is 23.8 Å². The van der Waals surface area contributed by atoms with Crippen molar-refractivity contribution in [2.45, 2.75) is 0 Å². The van der Waals surface area contributed by atoms with Gasteiger partial charge in [-0.1, -0.05) is 0 Å². The summed E-state index contributed by atoms with van der Waals surface area (Å²) in [5.41, 5.74) is 1.06. The minimum absolute atomic E-state index is 0.0776. The first-order valence-corrected chi connectivity index (χ1v) is 4.20. The van der Waals surface area contributed by atoms with E-state index in [1.165, 1.54) is 18.3 Å². The highest BCUT2D eigenvalue weighted by molar-refractivity contribution is 5.89. The van der Waals surface area contributed by atoms with Gasteiger partial charge in [-0.25, -0.2) is 9.18 Å². The molecular formula is C10H7FN2O2. The van der Waals surface area contributed by atoms with Gasteiger partial charge in [-0.15, -0.1) is 0 Å². The highest BCUT2D eigenvalue weighted by Crippen LogP contribution is 2.20. The Kier molecular flexibility index (Phi) is 2.21. The van der Waals surface area contributed by atoms with E-state index in [9.17, 15) is 9.18 Å². The molecule has 0 aliphatic rings. The van der Waals surface area contributed by atoms with Gasteiger partial charge in [0.2, 0.25) is 0 Å². The lowest BCUT2D eigenvalue weighted by atomic mass is 10.1. The highest BCUT2D eigenvalue weighted by atomic mass is 19.1. The van der Waals surface area contributed by atoms with Crippen LogP contribution in [0.3, 0.4) is 0 Å². The first kappa shape index (κ1) is 9.39. The molecule has 76 valence electrons. The summed E-state index contributed by atoms with van der Waals surface area (Å²) in [5.74, 6) is -1.73. The molecular weight excluding hydrogens is 199 g/mol. The molecule has 0 fully saturated rings. The Balaban J connectivity index is 2.54. The number of hydrogen-bond acceptors (Lipinski definition) is 2. The van der Waals surface area contributed by atoms with Crippen LogP contribution in [0.4, 0.5) is 4.39 Å². The second kappa shape index (κ2) is 3.53. The third-order valence-electron chi connectivity index (χ3n) is 1.98. The van der Waals surface area contributed by atoms with Gasteiger partial charge in [-0.3, -0.25) is 5.10 Å². The Morgan fingerprint density at radius 1 is 1.33 bits per heavy atom. The molecule has 0 aliphatic carbocycles. The fraction of sp³-hybridized carbons (Fsp3) is 0. The summed E-state index contributed by atoms with van der Waals surface area (Å²) in [6.07, 6.45) is 3.07. The van der Waals surface area contributed by atoms with Gasteiger partial charge in [0.25, 0.3) is 0 Å². The van der Waals surface area contributed by atoms with E-state index in [0.717, 1.165) is 6.07 Å². The molecule has 1 aromatic heterocycles. The van der Waals surface area contributed by atoms with Crippen LogP contribution in [0.5, 0.6) is 0 Å². The van der Waals surface area contributed by atoms with Crippen LogP contribution in [0.15, 0.2) is 30.6 Å². The molecule has 15 heavy (non-hydrogen) atoms. The Morgan fingerprint density at radius 2 is 2.13 bits per heavy atom. The summed E-state index contributed by atoms with van der Waals surface area (Å²) < 4.78 is 13.1. The quantitative estimate of drug-likeness (QED) is 0.788. The monoisotopic (exact) mass is 206 g/mol. The number of aromatic amines is 1. The molecule has 2 aromatic rings.